The van der Waals surface area contributed by atoms with Crippen LogP contribution in [0.2, 0.25) is 0 Å². The normalized spacial score (nSPS) is 10.5. The van der Waals surface area contributed by atoms with Crippen LogP contribution < -0.4 is 11.4 Å². The van der Waals surface area contributed by atoms with Gasteiger partial charge in [0.1, 0.15) is 0 Å². The Morgan fingerprint density at radius 1 is 1.33 bits per heavy atom. The van der Waals surface area contributed by atoms with Crippen molar-refractivity contribution in [2.75, 3.05) is 5.84 Å². The van der Waals surface area contributed by atoms with Crippen molar-refractivity contribution in [2.24, 2.45) is 0 Å². The predicted molar refractivity (Wildman–Crippen MR) is 58.4 cm³/mol. The lowest BCUT2D eigenvalue weighted by molar-refractivity contribution is 0.101. The van der Waals surface area contributed by atoms with Crippen LogP contribution in [-0.2, 0) is 0 Å². The molecule has 4 heteroatoms. The number of fused-ring (bicyclic) bond motifs is 1. The van der Waals surface area contributed by atoms with Crippen LogP contribution in [0.1, 0.15) is 17.3 Å². The minimum atomic E-state index is -0.457. The Morgan fingerprint density at radius 2 is 2.00 bits per heavy atom. The number of carbonyl (C=O) groups excluding carboxylic acids is 1. The molecule has 0 aliphatic heterocycles. The molecule has 0 bridgehead atoms. The van der Waals surface area contributed by atoms with Crippen LogP contribution >= 0.6 is 0 Å². The minimum Gasteiger partial charge on any atom is -0.336 e. The fourth-order valence-electron chi connectivity index (χ4n) is 1.54. The molecule has 15 heavy (non-hydrogen) atoms. The number of nitrogens with zero attached hydrogens (tertiary/aromatic N) is 1. The molecular weight excluding hydrogens is 192 g/mol. The van der Waals surface area contributed by atoms with Crippen LogP contribution in [0.15, 0.2) is 35.1 Å². The van der Waals surface area contributed by atoms with Crippen LogP contribution in [0, 0.1) is 0 Å². The molecule has 0 spiro atoms. The van der Waals surface area contributed by atoms with Gasteiger partial charge in [-0.2, -0.15) is 0 Å². The van der Waals surface area contributed by atoms with Gasteiger partial charge in [0.2, 0.25) is 0 Å². The molecule has 0 saturated heterocycles. The first kappa shape index (κ1) is 9.45. The lowest BCUT2D eigenvalue weighted by Gasteiger charge is -2.05. The summed E-state index contributed by atoms with van der Waals surface area (Å²) >= 11 is 0. The summed E-state index contributed by atoms with van der Waals surface area (Å²) in [5, 5.41) is 0.782. The summed E-state index contributed by atoms with van der Waals surface area (Å²) in [7, 11) is 0. The maximum absolute atomic E-state index is 11.6. The van der Waals surface area contributed by atoms with E-state index in [9.17, 15) is 9.59 Å². The van der Waals surface area contributed by atoms with Gasteiger partial charge in [-0.15, -0.1) is 0 Å². The van der Waals surface area contributed by atoms with E-state index in [4.69, 9.17) is 5.84 Å². The van der Waals surface area contributed by atoms with Gasteiger partial charge in [0.25, 0.3) is 5.56 Å². The number of rotatable bonds is 1. The van der Waals surface area contributed by atoms with Gasteiger partial charge in [0.05, 0.1) is 11.1 Å². The maximum Gasteiger partial charge on any atom is 0.280 e. The number of nitrogen functional groups attached to an aromatic ring is 1. The van der Waals surface area contributed by atoms with Gasteiger partial charge >= 0.3 is 0 Å². The zero-order chi connectivity index (χ0) is 11.0. The average molecular weight is 202 g/mol. The molecule has 0 unspecified atom stereocenters. The van der Waals surface area contributed by atoms with Crippen molar-refractivity contribution in [3.05, 3.63) is 46.2 Å². The molecule has 0 aliphatic carbocycles. The van der Waals surface area contributed by atoms with Crippen molar-refractivity contribution in [3.63, 3.8) is 0 Å². The SMILES string of the molecule is CC(=O)c1cc2ccccc2n(N)c1=O. The van der Waals surface area contributed by atoms with E-state index in [1.807, 2.05) is 12.1 Å². The Labute approximate surface area is 85.9 Å². The molecule has 0 fully saturated rings. The van der Waals surface area contributed by atoms with E-state index in [-0.39, 0.29) is 11.3 Å². The van der Waals surface area contributed by atoms with Gasteiger partial charge in [0, 0.05) is 5.39 Å². The van der Waals surface area contributed by atoms with Gasteiger partial charge in [-0.3, -0.25) is 9.59 Å². The van der Waals surface area contributed by atoms with Gasteiger partial charge in [-0.1, -0.05) is 18.2 Å². The number of pyridine rings is 1. The molecule has 0 amide bonds. The third kappa shape index (κ3) is 1.40. The number of hydrogen-bond acceptors (Lipinski definition) is 3. The number of benzene rings is 1. The molecule has 76 valence electrons. The van der Waals surface area contributed by atoms with Crippen molar-refractivity contribution >= 4 is 16.7 Å². The molecule has 2 N–H and O–H groups in total. The number of para-hydroxylation sites is 1. The highest BCUT2D eigenvalue weighted by Crippen LogP contribution is 2.11. The highest BCUT2D eigenvalue weighted by molar-refractivity contribution is 5.97. The minimum absolute atomic E-state index is 0.121. The summed E-state index contributed by atoms with van der Waals surface area (Å²) in [4.78, 5) is 22.8. The van der Waals surface area contributed by atoms with Crippen molar-refractivity contribution in [2.45, 2.75) is 6.92 Å². The van der Waals surface area contributed by atoms with Crippen molar-refractivity contribution in [1.29, 1.82) is 0 Å². The lowest BCUT2D eigenvalue weighted by Crippen LogP contribution is -2.31. The molecule has 1 aromatic heterocycles. The summed E-state index contributed by atoms with van der Waals surface area (Å²) in [5.74, 6) is 5.34. The summed E-state index contributed by atoms with van der Waals surface area (Å²) in [5.41, 5.74) is 0.282. The summed E-state index contributed by atoms with van der Waals surface area (Å²) in [6, 6.07) is 8.74. The number of ketones is 1. The number of Topliss-reactive ketones (excluding diaryl/α,β-unsaturated/α-hetero) is 1. The van der Waals surface area contributed by atoms with E-state index in [2.05, 4.69) is 0 Å². The highest BCUT2D eigenvalue weighted by atomic mass is 16.1. The molecule has 1 aromatic carbocycles. The van der Waals surface area contributed by atoms with Crippen molar-refractivity contribution < 1.29 is 4.79 Å². The van der Waals surface area contributed by atoms with E-state index in [1.54, 1.807) is 18.2 Å². The van der Waals surface area contributed by atoms with Crippen molar-refractivity contribution in [1.82, 2.24) is 4.68 Å². The van der Waals surface area contributed by atoms with E-state index in [0.717, 1.165) is 10.1 Å². The smallest absolute Gasteiger partial charge is 0.280 e. The van der Waals surface area contributed by atoms with Crippen LogP contribution in [0.5, 0.6) is 0 Å². The Hall–Kier alpha value is -2.10. The van der Waals surface area contributed by atoms with Gasteiger partial charge in [-0.05, 0) is 19.1 Å². The van der Waals surface area contributed by atoms with Crippen LogP contribution in [-0.4, -0.2) is 10.5 Å². The Kier molecular flexibility index (Phi) is 2.04. The first-order valence-electron chi connectivity index (χ1n) is 4.52. The molecule has 2 aromatic rings. The average Bonchev–Trinajstić information content (AvgIpc) is 2.23. The third-order valence-electron chi connectivity index (χ3n) is 2.32. The number of aromatic nitrogens is 1. The van der Waals surface area contributed by atoms with E-state index < -0.39 is 5.56 Å². The van der Waals surface area contributed by atoms with Crippen LogP contribution in [0.4, 0.5) is 0 Å². The molecule has 0 aliphatic rings. The molecule has 1 heterocycles. The first-order valence-corrected chi connectivity index (χ1v) is 4.52. The quantitative estimate of drug-likeness (QED) is 0.552. The predicted octanol–water partition coefficient (Wildman–Crippen LogP) is 0.918. The zero-order valence-corrected chi connectivity index (χ0v) is 8.23. The molecule has 4 nitrogen and oxygen atoms in total. The summed E-state index contributed by atoms with van der Waals surface area (Å²) < 4.78 is 1.01. The largest absolute Gasteiger partial charge is 0.336 e. The second kappa shape index (κ2) is 3.24. The monoisotopic (exact) mass is 202 g/mol. The number of nitrogens with two attached hydrogens (primary N) is 1. The Balaban J connectivity index is 2.95. The summed E-state index contributed by atoms with van der Waals surface area (Å²) in [6.45, 7) is 1.35. The first-order chi connectivity index (χ1) is 7.11. The highest BCUT2D eigenvalue weighted by Gasteiger charge is 2.09. The molecule has 0 saturated carbocycles. The van der Waals surface area contributed by atoms with Crippen LogP contribution in [0.25, 0.3) is 10.9 Å². The maximum atomic E-state index is 11.6. The molecule has 0 radical (unpaired) electrons. The topological polar surface area (TPSA) is 65.1 Å². The molecular formula is C11H10N2O2. The van der Waals surface area contributed by atoms with Gasteiger partial charge in [-0.25, -0.2) is 4.68 Å². The van der Waals surface area contributed by atoms with E-state index in [1.165, 1.54) is 6.92 Å². The van der Waals surface area contributed by atoms with Crippen LogP contribution in [0.3, 0.4) is 0 Å². The van der Waals surface area contributed by atoms with Gasteiger partial charge < -0.3 is 5.84 Å². The number of hydrogen-bond donors (Lipinski definition) is 1. The fraction of sp³-hybridized carbons (Fsp3) is 0.0909. The Bertz CT molecular complexity index is 599. The Morgan fingerprint density at radius 3 is 2.67 bits per heavy atom. The van der Waals surface area contributed by atoms with E-state index >= 15 is 0 Å². The second-order valence-electron chi connectivity index (χ2n) is 3.35. The van der Waals surface area contributed by atoms with Crippen molar-refractivity contribution in [3.8, 4) is 0 Å². The van der Waals surface area contributed by atoms with E-state index in [0.29, 0.717) is 5.52 Å². The standard InChI is InChI=1S/C11H10N2O2/c1-7(14)9-6-8-4-2-3-5-10(8)13(12)11(9)15/h2-6H,12H2,1H3. The summed E-state index contributed by atoms with van der Waals surface area (Å²) in [6.07, 6.45) is 0. The second-order valence-corrected chi connectivity index (χ2v) is 3.35. The number of carbonyl (C=O) groups is 1. The fourth-order valence-corrected chi connectivity index (χ4v) is 1.54. The zero-order valence-electron chi connectivity index (χ0n) is 8.23. The third-order valence-corrected chi connectivity index (χ3v) is 2.32. The van der Waals surface area contributed by atoms with Gasteiger partial charge in [0.15, 0.2) is 5.78 Å². The molecule has 2 rings (SSSR count). The molecule has 0 atom stereocenters. The lowest BCUT2D eigenvalue weighted by atomic mass is 10.1.